The molecule has 0 bridgehead atoms. The fourth-order valence-corrected chi connectivity index (χ4v) is 8.29. The first-order valence-electron chi connectivity index (χ1n) is 20.6. The third kappa shape index (κ3) is 15.2. The molecule has 3 heterocycles. The quantitative estimate of drug-likeness (QED) is 0.0393. The number of hydrogen-bond donors (Lipinski definition) is 4. The van der Waals surface area contributed by atoms with E-state index in [1.807, 2.05) is 6.07 Å². The summed E-state index contributed by atoms with van der Waals surface area (Å²) in [6.45, 7) is -0.0580. The Morgan fingerprint density at radius 3 is 2.23 bits per heavy atom. The van der Waals surface area contributed by atoms with E-state index in [4.69, 9.17) is 40.8 Å². The average Bonchev–Trinajstić information content (AvgIpc) is 3.73. The summed E-state index contributed by atoms with van der Waals surface area (Å²) >= 11 is 5.27. The summed E-state index contributed by atoms with van der Waals surface area (Å²) < 4.78 is 44.8. The second-order valence-corrected chi connectivity index (χ2v) is 18.0. The smallest absolute Gasteiger partial charge is 0.324 e. The zero-order valence-corrected chi connectivity index (χ0v) is 35.3. The molecule has 1 saturated heterocycles. The van der Waals surface area contributed by atoms with Gasteiger partial charge in [-0.05, 0) is 61.0 Å². The molecule has 5 N–H and O–H groups in total. The zero-order chi connectivity index (χ0) is 41.1. The summed E-state index contributed by atoms with van der Waals surface area (Å²) in [6, 6.07) is 9.25. The first kappa shape index (κ1) is 47.1. The molecule has 13 nitrogen and oxygen atoms in total. The van der Waals surface area contributed by atoms with Crippen LogP contribution in [-0.4, -0.2) is 80.5 Å². The number of nitrogens with two attached hydrogens (primary N) is 1. The number of fused-ring (bicyclic) bond motifs is 1. The summed E-state index contributed by atoms with van der Waals surface area (Å²) in [5, 5.41) is 35.4. The van der Waals surface area contributed by atoms with Gasteiger partial charge in [0.15, 0.2) is 5.82 Å². The van der Waals surface area contributed by atoms with Crippen molar-refractivity contribution < 1.29 is 42.8 Å². The molecule has 16 heteroatoms. The van der Waals surface area contributed by atoms with E-state index in [9.17, 15) is 24.8 Å². The van der Waals surface area contributed by atoms with Crippen LogP contribution in [0.25, 0.3) is 5.52 Å². The van der Waals surface area contributed by atoms with Gasteiger partial charge in [0.25, 0.3) is 0 Å². The normalized spacial score (nSPS) is 21.2. The van der Waals surface area contributed by atoms with Crippen molar-refractivity contribution in [1.82, 2.24) is 14.6 Å². The Labute approximate surface area is 342 Å². The Bertz CT molecular complexity index is 1730. The van der Waals surface area contributed by atoms with Crippen molar-refractivity contribution in [2.24, 2.45) is 0 Å². The highest BCUT2D eigenvalue weighted by Gasteiger charge is 2.54. The largest absolute Gasteiger partial charge is 0.387 e. The lowest BCUT2D eigenvalue weighted by atomic mass is 9.93. The summed E-state index contributed by atoms with van der Waals surface area (Å²) in [6.07, 6.45) is 17.2. The van der Waals surface area contributed by atoms with Crippen LogP contribution in [0.1, 0.15) is 133 Å². The van der Waals surface area contributed by atoms with Crippen LogP contribution in [0.15, 0.2) is 36.7 Å². The molecule has 2 aromatic heterocycles. The van der Waals surface area contributed by atoms with Gasteiger partial charge < -0.3 is 44.1 Å². The van der Waals surface area contributed by atoms with Crippen LogP contribution in [0.4, 0.5) is 10.2 Å². The van der Waals surface area contributed by atoms with Gasteiger partial charge in [-0.2, -0.15) is 10.4 Å². The number of aromatic nitrogens is 3. The first-order valence-corrected chi connectivity index (χ1v) is 23.2. The number of rotatable bonds is 29. The maximum atomic E-state index is 14.1. The van der Waals surface area contributed by atoms with Gasteiger partial charge in [-0.15, -0.1) is 0 Å². The zero-order valence-electron chi connectivity index (χ0n) is 33.6. The van der Waals surface area contributed by atoms with E-state index in [-0.39, 0.29) is 37.8 Å². The third-order valence-corrected chi connectivity index (χ3v) is 12.1. The first-order chi connectivity index (χ1) is 27.5. The van der Waals surface area contributed by atoms with Crippen molar-refractivity contribution in [1.29, 1.82) is 5.26 Å². The lowest BCUT2D eigenvalue weighted by Gasteiger charge is -2.27. The van der Waals surface area contributed by atoms with Gasteiger partial charge >= 0.3 is 6.72 Å². The number of aliphatic hydroxyl groups is 2. The fraction of sp³-hybridized carbons (Fsp3) is 0.683. The molecule has 6 atom stereocenters. The molecule has 1 fully saturated rings. The number of nitrogens with zero attached hydrogens (tertiary/aromatic N) is 4. The number of hydrogen-bond acceptors (Lipinski definition) is 12. The van der Waals surface area contributed by atoms with Crippen molar-refractivity contribution in [3.05, 3.63) is 59.3 Å². The van der Waals surface area contributed by atoms with Gasteiger partial charge in [-0.3, -0.25) is 0 Å². The standard InChI is InChI=1S/C41H63FN5O8PS/c1-3-4-5-6-7-8-9-10-11-12-13-14-15-16-17-18-21-51-27-34(52-26-32-22-31(25-43)23-33(42)24-32)28-53-56(50,57)54-29-36-38(48)39(49)41(2,55-36)37-20-19-35-40(44)45-30-46-47(35)37/h19-20,22-24,30,34,36,38-39,48-49H,3-18,21,26-29H2,1-2H3,(H,50,57)(H2,44,45,46)/t34-,36-,38-,39-,41+,56+/m1/s1. The van der Waals surface area contributed by atoms with E-state index in [0.29, 0.717) is 23.4 Å². The second-order valence-electron chi connectivity index (χ2n) is 15.2. The van der Waals surface area contributed by atoms with Crippen molar-refractivity contribution in [3.63, 3.8) is 0 Å². The number of unbranched alkanes of at least 4 members (excludes halogenated alkanes) is 15. The Hall–Kier alpha value is -2.61. The monoisotopic (exact) mass is 835 g/mol. The number of anilines is 1. The SMILES string of the molecule is CCCCCCCCCCCCCCCCCCOC[C@H](CO[P@](O)(=S)OC[C@H]1O[C@@](C)(c2ccc3c(N)ncnn23)[C@H](O)[C@@H]1O)OCc1cc(F)cc(C#N)c1. The molecule has 1 aliphatic heterocycles. The summed E-state index contributed by atoms with van der Waals surface area (Å²) in [5.74, 6) is -0.318. The molecule has 3 aromatic rings. The molecule has 4 rings (SSSR count). The maximum Gasteiger partial charge on any atom is 0.324 e. The number of nitriles is 1. The number of halogens is 1. The summed E-state index contributed by atoms with van der Waals surface area (Å²) in [5.41, 5.74) is 6.11. The van der Waals surface area contributed by atoms with Crippen LogP contribution in [0.3, 0.4) is 0 Å². The molecule has 57 heavy (non-hydrogen) atoms. The highest BCUT2D eigenvalue weighted by molar-refractivity contribution is 8.07. The Morgan fingerprint density at radius 2 is 1.60 bits per heavy atom. The van der Waals surface area contributed by atoms with E-state index in [1.54, 1.807) is 19.1 Å². The number of aliphatic hydroxyl groups excluding tert-OH is 2. The van der Waals surface area contributed by atoms with Gasteiger partial charge in [-0.1, -0.05) is 103 Å². The van der Waals surface area contributed by atoms with Gasteiger partial charge in [0, 0.05) is 6.61 Å². The van der Waals surface area contributed by atoms with Gasteiger partial charge in [0.2, 0.25) is 0 Å². The van der Waals surface area contributed by atoms with Crippen LogP contribution in [-0.2, 0) is 47.3 Å². The number of nitrogen functional groups attached to an aromatic ring is 1. The van der Waals surface area contributed by atoms with Crippen molar-refractivity contribution >= 4 is 29.9 Å². The van der Waals surface area contributed by atoms with Crippen LogP contribution in [0.5, 0.6) is 0 Å². The molecule has 0 unspecified atom stereocenters. The van der Waals surface area contributed by atoms with E-state index >= 15 is 0 Å². The molecule has 0 aliphatic carbocycles. The summed E-state index contributed by atoms with van der Waals surface area (Å²) in [4.78, 5) is 14.9. The van der Waals surface area contributed by atoms with Gasteiger partial charge in [-0.25, -0.2) is 13.9 Å². The summed E-state index contributed by atoms with van der Waals surface area (Å²) in [7, 11) is 0. The number of benzene rings is 1. The van der Waals surface area contributed by atoms with E-state index in [1.165, 1.54) is 106 Å². The van der Waals surface area contributed by atoms with Crippen LogP contribution >= 0.6 is 6.72 Å². The predicted molar refractivity (Wildman–Crippen MR) is 220 cm³/mol. The molecular formula is C41H63FN5O8PS. The van der Waals surface area contributed by atoms with Gasteiger partial charge in [0.1, 0.15) is 47.7 Å². The van der Waals surface area contributed by atoms with Crippen LogP contribution in [0, 0.1) is 17.1 Å². The number of ether oxygens (including phenoxy) is 3. The Morgan fingerprint density at radius 1 is 0.965 bits per heavy atom. The molecule has 1 aromatic carbocycles. The molecule has 0 amide bonds. The topological polar surface area (TPSA) is 187 Å². The molecule has 0 spiro atoms. The minimum absolute atomic E-state index is 0.0401. The Balaban J connectivity index is 1.18. The molecule has 1 aliphatic rings. The minimum atomic E-state index is -3.91. The second kappa shape index (κ2) is 24.5. The van der Waals surface area contributed by atoms with E-state index in [0.717, 1.165) is 25.3 Å². The van der Waals surface area contributed by atoms with Crippen molar-refractivity contribution in [2.75, 3.05) is 32.2 Å². The molecule has 0 radical (unpaired) electrons. The third-order valence-electron chi connectivity index (χ3n) is 10.5. The van der Waals surface area contributed by atoms with E-state index in [2.05, 4.69) is 17.0 Å². The minimum Gasteiger partial charge on any atom is -0.387 e. The van der Waals surface area contributed by atoms with Gasteiger partial charge in [0.05, 0.1) is 43.8 Å². The Kier molecular flexibility index (Phi) is 20.2. The predicted octanol–water partition coefficient (Wildman–Crippen LogP) is 7.77. The van der Waals surface area contributed by atoms with Crippen LogP contribution < -0.4 is 5.73 Å². The van der Waals surface area contributed by atoms with Crippen molar-refractivity contribution in [2.45, 2.75) is 153 Å². The van der Waals surface area contributed by atoms with Crippen molar-refractivity contribution in [3.8, 4) is 6.07 Å². The average molecular weight is 836 g/mol. The van der Waals surface area contributed by atoms with Crippen LogP contribution in [0.2, 0.25) is 0 Å². The lowest BCUT2D eigenvalue weighted by Crippen LogP contribution is -2.39. The highest BCUT2D eigenvalue weighted by atomic mass is 32.5. The highest BCUT2D eigenvalue weighted by Crippen LogP contribution is 2.46. The maximum absolute atomic E-state index is 14.1. The fourth-order valence-electron chi connectivity index (χ4n) is 7.16. The molecule has 0 saturated carbocycles. The lowest BCUT2D eigenvalue weighted by molar-refractivity contribution is -0.0886. The van der Waals surface area contributed by atoms with E-state index < -0.39 is 42.6 Å². The molecular weight excluding hydrogens is 773 g/mol. The molecule has 318 valence electrons.